The van der Waals surface area contributed by atoms with Gasteiger partial charge in [0.05, 0.1) is 14.7 Å². The van der Waals surface area contributed by atoms with E-state index >= 15 is 0 Å². The summed E-state index contributed by atoms with van der Waals surface area (Å²) in [4.78, 5) is 22.4. The van der Waals surface area contributed by atoms with Gasteiger partial charge in [-0.15, -0.1) is 11.8 Å². The van der Waals surface area contributed by atoms with E-state index in [4.69, 9.17) is 16.3 Å². The number of carbonyl (C=O) groups excluding carboxylic acids is 1. The first-order valence-electron chi connectivity index (χ1n) is 7.91. The highest BCUT2D eigenvalue weighted by atomic mass is 35.5. The van der Waals surface area contributed by atoms with Crippen LogP contribution in [-0.4, -0.2) is 32.1 Å². The number of esters is 1. The smallest absolute Gasteiger partial charge is 0.321 e. The lowest BCUT2D eigenvalue weighted by Gasteiger charge is -2.15. The highest BCUT2D eigenvalue weighted by Gasteiger charge is 2.22. The van der Waals surface area contributed by atoms with Crippen molar-refractivity contribution in [2.24, 2.45) is 0 Å². The van der Waals surface area contributed by atoms with Crippen molar-refractivity contribution in [3.63, 3.8) is 0 Å². The normalized spacial score (nSPS) is 12.4. The van der Waals surface area contributed by atoms with Gasteiger partial charge in [-0.2, -0.15) is 4.72 Å². The van der Waals surface area contributed by atoms with Gasteiger partial charge in [-0.25, -0.2) is 8.42 Å². The van der Waals surface area contributed by atoms with Gasteiger partial charge in [0.1, 0.15) is 12.6 Å². The number of nitro benzene ring substituents is 1. The first-order valence-corrected chi connectivity index (χ1v) is 11.0. The highest BCUT2D eigenvalue weighted by molar-refractivity contribution is 7.98. The number of ether oxygens (including phenoxy) is 1. The number of rotatable bonds is 8. The molecule has 11 heteroatoms. The molecular weight excluding hydrogens is 428 g/mol. The Balaban J connectivity index is 2.07. The van der Waals surface area contributed by atoms with Crippen molar-refractivity contribution in [1.82, 2.24) is 4.72 Å². The Kier molecular flexibility index (Phi) is 7.41. The third kappa shape index (κ3) is 5.44. The number of hydrogen-bond acceptors (Lipinski definition) is 7. The molecule has 2 aromatic rings. The molecule has 1 unspecified atom stereocenters. The lowest BCUT2D eigenvalue weighted by atomic mass is 10.1. The molecule has 2 aromatic carbocycles. The molecule has 2 rings (SSSR count). The molecule has 0 spiro atoms. The van der Waals surface area contributed by atoms with E-state index in [0.717, 1.165) is 17.8 Å². The topological polar surface area (TPSA) is 116 Å². The van der Waals surface area contributed by atoms with Crippen LogP contribution in [0.2, 0.25) is 5.02 Å². The number of nitrogens with one attached hydrogen (secondary N) is 1. The van der Waals surface area contributed by atoms with Crippen LogP contribution in [0, 0.1) is 10.1 Å². The van der Waals surface area contributed by atoms with E-state index in [1.165, 1.54) is 12.1 Å². The van der Waals surface area contributed by atoms with Gasteiger partial charge in [0.15, 0.2) is 0 Å². The predicted octanol–water partition coefficient (Wildman–Crippen LogP) is 3.55. The van der Waals surface area contributed by atoms with E-state index in [2.05, 4.69) is 4.72 Å². The summed E-state index contributed by atoms with van der Waals surface area (Å²) in [6, 6.07) is 10.3. The summed E-state index contributed by atoms with van der Waals surface area (Å²) in [5, 5.41) is 11.5. The van der Waals surface area contributed by atoms with Crippen molar-refractivity contribution in [3.05, 3.63) is 63.2 Å². The van der Waals surface area contributed by atoms with Gasteiger partial charge in [0, 0.05) is 16.7 Å². The molecule has 0 amide bonds. The average Bonchev–Trinajstić information content (AvgIpc) is 2.66. The van der Waals surface area contributed by atoms with Crippen molar-refractivity contribution in [2.45, 2.75) is 22.8 Å². The largest absolute Gasteiger partial charge is 0.457 e. The van der Waals surface area contributed by atoms with Crippen LogP contribution in [0.25, 0.3) is 0 Å². The number of sulfonamides is 1. The third-order valence-electron chi connectivity index (χ3n) is 3.72. The number of nitro groups is 1. The molecule has 0 bridgehead atoms. The minimum Gasteiger partial charge on any atom is -0.457 e. The molecule has 0 aliphatic carbocycles. The predicted molar refractivity (Wildman–Crippen MR) is 106 cm³/mol. The molecule has 0 aliphatic heterocycles. The summed E-state index contributed by atoms with van der Waals surface area (Å²) in [6.45, 7) is 0.979. The molecule has 0 heterocycles. The van der Waals surface area contributed by atoms with Crippen molar-refractivity contribution >= 4 is 45.0 Å². The Morgan fingerprint density at radius 1 is 1.32 bits per heavy atom. The zero-order valence-electron chi connectivity index (χ0n) is 14.9. The van der Waals surface area contributed by atoms with Crippen LogP contribution in [0.1, 0.15) is 18.6 Å². The van der Waals surface area contributed by atoms with Gasteiger partial charge >= 0.3 is 5.97 Å². The molecule has 0 radical (unpaired) electrons. The zero-order valence-corrected chi connectivity index (χ0v) is 17.3. The van der Waals surface area contributed by atoms with E-state index in [0.29, 0.717) is 15.5 Å². The summed E-state index contributed by atoms with van der Waals surface area (Å²) in [6.07, 6.45) is 0.970. The maximum absolute atomic E-state index is 12.4. The molecule has 0 aromatic heterocycles. The first-order chi connectivity index (χ1) is 13.2. The number of thioether (sulfide) groups is 1. The Labute approximate surface area is 171 Å². The monoisotopic (exact) mass is 444 g/mol. The number of benzene rings is 2. The molecule has 0 saturated heterocycles. The summed E-state index contributed by atoms with van der Waals surface area (Å²) < 4.78 is 32.0. The fourth-order valence-electron chi connectivity index (χ4n) is 2.32. The molecule has 1 atom stereocenters. The molecule has 28 heavy (non-hydrogen) atoms. The summed E-state index contributed by atoms with van der Waals surface area (Å²) in [7, 11) is -4.14. The van der Waals surface area contributed by atoms with E-state index in [-0.39, 0.29) is 10.6 Å². The van der Waals surface area contributed by atoms with Crippen LogP contribution in [-0.2, 0) is 19.6 Å². The first kappa shape index (κ1) is 22.2. The zero-order chi connectivity index (χ0) is 20.9. The van der Waals surface area contributed by atoms with Crippen LogP contribution < -0.4 is 4.72 Å². The second-order valence-corrected chi connectivity index (χ2v) is 8.59. The summed E-state index contributed by atoms with van der Waals surface area (Å²) in [5.41, 5.74) is 0.258. The van der Waals surface area contributed by atoms with Crippen LogP contribution in [0.4, 0.5) is 5.69 Å². The lowest BCUT2D eigenvalue weighted by molar-refractivity contribution is -0.387. The standard InChI is InChI=1S/C17H17ClN2O6S2/c1-11(13-5-3-4-6-14(13)18)26-17(21)10-19-28(24,25)12-7-8-16(27-2)15(9-12)20(22)23/h3-9,11,19H,10H2,1-2H3. The van der Waals surface area contributed by atoms with Gasteiger partial charge in [-0.3, -0.25) is 14.9 Å². The molecule has 1 N–H and O–H groups in total. The second kappa shape index (κ2) is 9.37. The number of hydrogen-bond donors (Lipinski definition) is 1. The number of halogens is 1. The summed E-state index contributed by atoms with van der Waals surface area (Å²) >= 11 is 7.16. The molecule has 150 valence electrons. The number of nitrogens with zero attached hydrogens (tertiary/aromatic N) is 1. The molecule has 0 aliphatic rings. The fourth-order valence-corrected chi connectivity index (χ4v) is 4.15. The van der Waals surface area contributed by atoms with Crippen LogP contribution in [0.15, 0.2) is 52.3 Å². The minimum absolute atomic E-state index is 0.316. The maximum Gasteiger partial charge on any atom is 0.321 e. The fraction of sp³-hybridized carbons (Fsp3) is 0.235. The Hall–Kier alpha value is -2.14. The lowest BCUT2D eigenvalue weighted by Crippen LogP contribution is -2.31. The highest BCUT2D eigenvalue weighted by Crippen LogP contribution is 2.30. The van der Waals surface area contributed by atoms with Crippen molar-refractivity contribution in [2.75, 3.05) is 12.8 Å². The summed E-state index contributed by atoms with van der Waals surface area (Å²) in [5.74, 6) is -0.814. The van der Waals surface area contributed by atoms with Crippen molar-refractivity contribution in [3.8, 4) is 0 Å². The molecule has 0 saturated carbocycles. The van der Waals surface area contributed by atoms with Gasteiger partial charge in [-0.1, -0.05) is 29.8 Å². The maximum atomic E-state index is 12.4. The van der Waals surface area contributed by atoms with Gasteiger partial charge in [0.2, 0.25) is 10.0 Å². The van der Waals surface area contributed by atoms with Crippen LogP contribution >= 0.6 is 23.4 Å². The Morgan fingerprint density at radius 2 is 2.00 bits per heavy atom. The van der Waals surface area contributed by atoms with E-state index in [9.17, 15) is 23.3 Å². The second-order valence-electron chi connectivity index (χ2n) is 5.57. The minimum atomic E-state index is -4.14. The van der Waals surface area contributed by atoms with E-state index < -0.39 is 33.6 Å². The Morgan fingerprint density at radius 3 is 2.61 bits per heavy atom. The SMILES string of the molecule is CSc1ccc(S(=O)(=O)NCC(=O)OC(C)c2ccccc2Cl)cc1[N+](=O)[O-]. The van der Waals surface area contributed by atoms with Crippen molar-refractivity contribution in [1.29, 1.82) is 0 Å². The molecule has 8 nitrogen and oxygen atoms in total. The number of carbonyl (C=O) groups is 1. The van der Waals surface area contributed by atoms with E-state index in [1.54, 1.807) is 37.4 Å². The van der Waals surface area contributed by atoms with Gasteiger partial charge in [-0.05, 0) is 31.4 Å². The van der Waals surface area contributed by atoms with Crippen LogP contribution in [0.3, 0.4) is 0 Å². The van der Waals surface area contributed by atoms with E-state index in [1.807, 2.05) is 0 Å². The Bertz CT molecular complexity index is 997. The van der Waals surface area contributed by atoms with Crippen molar-refractivity contribution < 1.29 is 22.9 Å². The van der Waals surface area contributed by atoms with Gasteiger partial charge < -0.3 is 4.74 Å². The molecular formula is C17H17ClN2O6S2. The van der Waals surface area contributed by atoms with Gasteiger partial charge in [0.25, 0.3) is 5.69 Å². The van der Waals surface area contributed by atoms with Crippen LogP contribution in [0.5, 0.6) is 0 Å². The third-order valence-corrected chi connectivity index (χ3v) is 6.24. The molecule has 0 fully saturated rings. The quantitative estimate of drug-likeness (QED) is 0.286. The average molecular weight is 445 g/mol.